The Kier molecular flexibility index (Phi) is 4.41. The first kappa shape index (κ1) is 14.0. The van der Waals surface area contributed by atoms with Gasteiger partial charge in [-0.3, -0.25) is 4.98 Å². The van der Waals surface area contributed by atoms with Crippen LogP contribution in [0.5, 0.6) is 5.75 Å². The third kappa shape index (κ3) is 3.56. The number of benzene rings is 2. The molecule has 0 unspecified atom stereocenters. The number of para-hydroxylation sites is 1. The van der Waals surface area contributed by atoms with E-state index in [0.29, 0.717) is 6.61 Å². The summed E-state index contributed by atoms with van der Waals surface area (Å²) < 4.78 is 5.45. The van der Waals surface area contributed by atoms with E-state index in [2.05, 4.69) is 36.4 Å². The van der Waals surface area contributed by atoms with E-state index in [-0.39, 0.29) is 0 Å². The lowest BCUT2D eigenvalue weighted by Crippen LogP contribution is -1.90. The predicted octanol–water partition coefficient (Wildman–Crippen LogP) is 4.93. The van der Waals surface area contributed by atoms with E-state index in [1.807, 2.05) is 31.2 Å². The second-order valence-corrected chi connectivity index (χ2v) is 5.74. The smallest absolute Gasteiger partial charge is 0.119 e. The van der Waals surface area contributed by atoms with Gasteiger partial charge in [0.15, 0.2) is 0 Å². The van der Waals surface area contributed by atoms with Crippen molar-refractivity contribution in [3.8, 4) is 5.75 Å². The molecular formula is C18H17NOS. The summed E-state index contributed by atoms with van der Waals surface area (Å²) in [5.74, 6) is 1.80. The van der Waals surface area contributed by atoms with E-state index >= 15 is 0 Å². The normalized spacial score (nSPS) is 10.7. The minimum atomic E-state index is 0.702. The predicted molar refractivity (Wildman–Crippen MR) is 88.9 cm³/mol. The van der Waals surface area contributed by atoms with Crippen molar-refractivity contribution < 1.29 is 4.74 Å². The van der Waals surface area contributed by atoms with Crippen LogP contribution < -0.4 is 4.74 Å². The Morgan fingerprint density at radius 2 is 1.76 bits per heavy atom. The molecule has 0 aliphatic heterocycles. The van der Waals surface area contributed by atoms with E-state index in [4.69, 9.17) is 9.72 Å². The van der Waals surface area contributed by atoms with Crippen LogP contribution in [-0.4, -0.2) is 11.6 Å². The molecule has 1 aromatic heterocycles. The van der Waals surface area contributed by atoms with Gasteiger partial charge in [-0.05, 0) is 43.3 Å². The summed E-state index contributed by atoms with van der Waals surface area (Å²) >= 11 is 1.79. The molecule has 3 aromatic rings. The van der Waals surface area contributed by atoms with Crippen LogP contribution in [0.15, 0.2) is 65.6 Å². The highest BCUT2D eigenvalue weighted by atomic mass is 32.2. The van der Waals surface area contributed by atoms with E-state index in [0.717, 1.165) is 22.7 Å². The topological polar surface area (TPSA) is 22.1 Å². The lowest BCUT2D eigenvalue weighted by Gasteiger charge is -2.05. The van der Waals surface area contributed by atoms with Crippen LogP contribution in [0.25, 0.3) is 10.9 Å². The first-order valence-corrected chi connectivity index (χ1v) is 8.04. The fourth-order valence-corrected chi connectivity index (χ4v) is 2.95. The Hall–Kier alpha value is -2.00. The summed E-state index contributed by atoms with van der Waals surface area (Å²) in [5, 5.41) is 1.19. The van der Waals surface area contributed by atoms with Crippen LogP contribution >= 0.6 is 11.8 Å². The van der Waals surface area contributed by atoms with Crippen molar-refractivity contribution >= 4 is 22.7 Å². The van der Waals surface area contributed by atoms with Crippen molar-refractivity contribution in [1.82, 2.24) is 4.98 Å². The maximum absolute atomic E-state index is 5.45. The molecule has 3 heteroatoms. The highest BCUT2D eigenvalue weighted by Crippen LogP contribution is 2.25. The van der Waals surface area contributed by atoms with Gasteiger partial charge in [-0.15, -0.1) is 11.8 Å². The highest BCUT2D eigenvalue weighted by Gasteiger charge is 2.00. The highest BCUT2D eigenvalue weighted by molar-refractivity contribution is 7.98. The molecule has 0 bridgehead atoms. The fourth-order valence-electron chi connectivity index (χ4n) is 2.14. The zero-order valence-electron chi connectivity index (χ0n) is 12.0. The third-order valence-electron chi connectivity index (χ3n) is 3.18. The average molecular weight is 295 g/mol. The minimum absolute atomic E-state index is 0.702. The molecule has 0 atom stereocenters. The number of pyridine rings is 1. The Bertz CT molecular complexity index is 725. The van der Waals surface area contributed by atoms with Gasteiger partial charge in [0.05, 0.1) is 17.8 Å². The fraction of sp³-hybridized carbons (Fsp3) is 0.167. The van der Waals surface area contributed by atoms with Gasteiger partial charge >= 0.3 is 0 Å². The van der Waals surface area contributed by atoms with Crippen LogP contribution in [0.1, 0.15) is 12.6 Å². The lowest BCUT2D eigenvalue weighted by molar-refractivity contribution is 0.340. The first-order chi connectivity index (χ1) is 10.3. The lowest BCUT2D eigenvalue weighted by atomic mass is 10.2. The average Bonchev–Trinajstić information content (AvgIpc) is 2.54. The van der Waals surface area contributed by atoms with Gasteiger partial charge in [0, 0.05) is 16.0 Å². The van der Waals surface area contributed by atoms with E-state index in [1.54, 1.807) is 11.8 Å². The van der Waals surface area contributed by atoms with Crippen molar-refractivity contribution in [3.63, 3.8) is 0 Å². The number of hydrogen-bond acceptors (Lipinski definition) is 3. The maximum Gasteiger partial charge on any atom is 0.119 e. The van der Waals surface area contributed by atoms with Gasteiger partial charge < -0.3 is 4.74 Å². The SMILES string of the molecule is CCOc1ccc(SCc2ccc3ccccc3n2)cc1. The molecule has 0 N–H and O–H groups in total. The standard InChI is InChI=1S/C18H17NOS/c1-2-20-16-9-11-17(12-10-16)21-13-15-8-7-14-5-3-4-6-18(14)19-15/h3-12H,2,13H2,1H3. The molecule has 1 heterocycles. The summed E-state index contributed by atoms with van der Waals surface area (Å²) in [6.07, 6.45) is 0. The minimum Gasteiger partial charge on any atom is -0.494 e. The number of aromatic nitrogens is 1. The van der Waals surface area contributed by atoms with Crippen LogP contribution in [0, 0.1) is 0 Å². The third-order valence-corrected chi connectivity index (χ3v) is 4.22. The number of nitrogens with zero attached hydrogens (tertiary/aromatic N) is 1. The molecule has 0 spiro atoms. The first-order valence-electron chi connectivity index (χ1n) is 7.05. The molecule has 2 aromatic carbocycles. The van der Waals surface area contributed by atoms with Crippen molar-refractivity contribution in [2.75, 3.05) is 6.61 Å². The zero-order chi connectivity index (χ0) is 14.5. The van der Waals surface area contributed by atoms with E-state index < -0.39 is 0 Å². The molecule has 21 heavy (non-hydrogen) atoms. The number of ether oxygens (including phenoxy) is 1. The summed E-state index contributed by atoms with van der Waals surface area (Å²) in [7, 11) is 0. The van der Waals surface area contributed by atoms with Crippen LogP contribution in [0.3, 0.4) is 0 Å². The molecule has 0 aliphatic carbocycles. The monoisotopic (exact) mass is 295 g/mol. The Morgan fingerprint density at radius 3 is 2.57 bits per heavy atom. The van der Waals surface area contributed by atoms with Gasteiger partial charge in [0.25, 0.3) is 0 Å². The second-order valence-electron chi connectivity index (χ2n) is 4.69. The van der Waals surface area contributed by atoms with Crippen LogP contribution in [0.2, 0.25) is 0 Å². The summed E-state index contributed by atoms with van der Waals surface area (Å²) in [6.45, 7) is 2.70. The van der Waals surface area contributed by atoms with Crippen LogP contribution in [0.4, 0.5) is 0 Å². The van der Waals surface area contributed by atoms with Crippen molar-refractivity contribution in [2.24, 2.45) is 0 Å². The molecule has 2 nitrogen and oxygen atoms in total. The van der Waals surface area contributed by atoms with Crippen molar-refractivity contribution in [3.05, 3.63) is 66.4 Å². The van der Waals surface area contributed by atoms with Gasteiger partial charge in [-0.25, -0.2) is 0 Å². The van der Waals surface area contributed by atoms with E-state index in [9.17, 15) is 0 Å². The second kappa shape index (κ2) is 6.64. The maximum atomic E-state index is 5.45. The number of thioether (sulfide) groups is 1. The van der Waals surface area contributed by atoms with E-state index in [1.165, 1.54) is 10.3 Å². The number of rotatable bonds is 5. The Balaban J connectivity index is 1.68. The van der Waals surface area contributed by atoms with Gasteiger partial charge in [-0.1, -0.05) is 24.3 Å². The molecule has 0 fully saturated rings. The molecule has 3 rings (SSSR count). The number of hydrogen-bond donors (Lipinski definition) is 0. The molecule has 106 valence electrons. The quantitative estimate of drug-likeness (QED) is 0.623. The summed E-state index contributed by atoms with van der Waals surface area (Å²) in [6, 6.07) is 20.7. The summed E-state index contributed by atoms with van der Waals surface area (Å²) in [5.41, 5.74) is 2.16. The molecule has 0 aliphatic rings. The van der Waals surface area contributed by atoms with Crippen molar-refractivity contribution in [2.45, 2.75) is 17.6 Å². The number of fused-ring (bicyclic) bond motifs is 1. The molecule has 0 radical (unpaired) electrons. The Morgan fingerprint density at radius 1 is 0.952 bits per heavy atom. The van der Waals surface area contributed by atoms with Crippen molar-refractivity contribution in [1.29, 1.82) is 0 Å². The van der Waals surface area contributed by atoms with Gasteiger partial charge in [0.1, 0.15) is 5.75 Å². The molecular weight excluding hydrogens is 278 g/mol. The Labute approximate surface area is 129 Å². The van der Waals surface area contributed by atoms with Gasteiger partial charge in [0.2, 0.25) is 0 Å². The molecule has 0 saturated carbocycles. The van der Waals surface area contributed by atoms with Gasteiger partial charge in [-0.2, -0.15) is 0 Å². The van der Waals surface area contributed by atoms with Crippen LogP contribution in [-0.2, 0) is 5.75 Å². The zero-order valence-corrected chi connectivity index (χ0v) is 12.8. The molecule has 0 saturated heterocycles. The molecule has 0 amide bonds. The largest absolute Gasteiger partial charge is 0.494 e. The summed E-state index contributed by atoms with van der Waals surface area (Å²) in [4.78, 5) is 5.92.